The third-order valence-corrected chi connectivity index (χ3v) is 5.63. The van der Waals surface area contributed by atoms with Crippen LogP contribution >= 0.6 is 24.0 Å². The summed E-state index contributed by atoms with van der Waals surface area (Å²) in [5.74, 6) is 1.57. The minimum Gasteiger partial charge on any atom is -0.469 e. The lowest BCUT2D eigenvalue weighted by Gasteiger charge is -2.23. The molecule has 0 aromatic carbocycles. The van der Waals surface area contributed by atoms with Gasteiger partial charge in [-0.25, -0.2) is 0 Å². The fraction of sp³-hybridized carbons (Fsp3) is 0.750. The smallest absolute Gasteiger partial charge is 0.401 e. The molecule has 3 rings (SSSR count). The number of hydrogen-bond acceptors (Lipinski definition) is 4. The molecule has 2 aliphatic heterocycles. The fourth-order valence-electron chi connectivity index (χ4n) is 4.17. The van der Waals surface area contributed by atoms with E-state index >= 15 is 0 Å². The van der Waals surface area contributed by atoms with Gasteiger partial charge in [-0.2, -0.15) is 13.2 Å². The first-order valence-corrected chi connectivity index (χ1v) is 10.5. The van der Waals surface area contributed by atoms with Crippen LogP contribution in [-0.4, -0.2) is 79.8 Å². The third-order valence-electron chi connectivity index (χ3n) is 5.63. The molecule has 0 aliphatic carbocycles. The molecule has 0 radical (unpaired) electrons. The highest BCUT2D eigenvalue weighted by Crippen LogP contribution is 2.20. The second-order valence-electron chi connectivity index (χ2n) is 7.85. The minimum absolute atomic E-state index is 0. The van der Waals surface area contributed by atoms with Crippen LogP contribution in [0.4, 0.5) is 13.2 Å². The average Bonchev–Trinajstić information content (AvgIpc) is 3.40. The summed E-state index contributed by atoms with van der Waals surface area (Å²) in [6.45, 7) is 5.62. The van der Waals surface area contributed by atoms with Crippen molar-refractivity contribution >= 4 is 29.9 Å². The number of guanidine groups is 1. The first-order chi connectivity index (χ1) is 13.9. The molecule has 172 valence electrons. The summed E-state index contributed by atoms with van der Waals surface area (Å²) >= 11 is 0. The molecule has 1 aromatic heterocycles. The van der Waals surface area contributed by atoms with Gasteiger partial charge in [0.1, 0.15) is 5.76 Å². The zero-order valence-electron chi connectivity index (χ0n) is 17.5. The Morgan fingerprint density at radius 3 is 2.83 bits per heavy atom. The molecule has 6 nitrogen and oxygen atoms in total. The van der Waals surface area contributed by atoms with Gasteiger partial charge in [-0.15, -0.1) is 24.0 Å². The van der Waals surface area contributed by atoms with Crippen LogP contribution in [0.2, 0.25) is 0 Å². The van der Waals surface area contributed by atoms with Gasteiger partial charge in [0.25, 0.3) is 0 Å². The summed E-state index contributed by atoms with van der Waals surface area (Å²) < 4.78 is 43.3. The number of alkyl halides is 3. The Labute approximate surface area is 193 Å². The molecule has 0 spiro atoms. The van der Waals surface area contributed by atoms with Gasteiger partial charge < -0.3 is 15.1 Å². The summed E-state index contributed by atoms with van der Waals surface area (Å²) in [5, 5.41) is 6.67. The molecular formula is C20H33F3IN5O. The zero-order valence-corrected chi connectivity index (χ0v) is 19.8. The normalized spacial score (nSPS) is 23.5. The van der Waals surface area contributed by atoms with Gasteiger partial charge in [-0.05, 0) is 44.5 Å². The highest BCUT2D eigenvalue weighted by atomic mass is 127. The third kappa shape index (κ3) is 8.26. The SMILES string of the molecule is CCN1CCCC1CN=C(NCCc1ccco1)NC1CCN(CC(F)(F)F)C1.I. The standard InChI is InChI=1S/C20H32F3N5O.HI/c1-2-28-10-3-5-17(28)13-25-19(24-9-7-18-6-4-12-29-18)26-16-8-11-27(14-16)15-20(21,22)23;/h4,6,12,16-17H,2-3,5,7-11,13-15H2,1H3,(H2,24,25,26);1H. The lowest BCUT2D eigenvalue weighted by atomic mass is 10.2. The molecule has 0 amide bonds. The molecule has 2 fully saturated rings. The van der Waals surface area contributed by atoms with Gasteiger partial charge in [0.15, 0.2) is 5.96 Å². The van der Waals surface area contributed by atoms with E-state index in [-0.39, 0.29) is 30.0 Å². The van der Waals surface area contributed by atoms with E-state index in [9.17, 15) is 13.2 Å². The number of likely N-dealkylation sites (tertiary alicyclic amines) is 2. The van der Waals surface area contributed by atoms with E-state index in [0.29, 0.717) is 44.6 Å². The number of rotatable bonds is 8. The van der Waals surface area contributed by atoms with E-state index in [0.717, 1.165) is 31.7 Å². The summed E-state index contributed by atoms with van der Waals surface area (Å²) in [7, 11) is 0. The summed E-state index contributed by atoms with van der Waals surface area (Å²) in [6.07, 6.45) is 1.23. The predicted molar refractivity (Wildman–Crippen MR) is 122 cm³/mol. The summed E-state index contributed by atoms with van der Waals surface area (Å²) in [5.41, 5.74) is 0. The molecular weight excluding hydrogens is 510 g/mol. The maximum atomic E-state index is 12.7. The maximum Gasteiger partial charge on any atom is 0.401 e. The number of aliphatic imine (C=N–C) groups is 1. The Bertz CT molecular complexity index is 641. The van der Waals surface area contributed by atoms with Crippen LogP contribution in [0.15, 0.2) is 27.8 Å². The molecule has 2 unspecified atom stereocenters. The van der Waals surface area contributed by atoms with E-state index in [1.807, 2.05) is 12.1 Å². The van der Waals surface area contributed by atoms with Crippen molar-refractivity contribution in [3.8, 4) is 0 Å². The molecule has 0 bridgehead atoms. The van der Waals surface area contributed by atoms with Crippen LogP contribution in [0, 0.1) is 0 Å². The van der Waals surface area contributed by atoms with Crippen LogP contribution in [0.25, 0.3) is 0 Å². The summed E-state index contributed by atoms with van der Waals surface area (Å²) in [4.78, 5) is 8.65. The first kappa shape index (κ1) is 25.3. The molecule has 0 saturated carbocycles. The first-order valence-electron chi connectivity index (χ1n) is 10.5. The van der Waals surface area contributed by atoms with Crippen molar-refractivity contribution in [3.05, 3.63) is 24.2 Å². The van der Waals surface area contributed by atoms with Crippen molar-refractivity contribution in [1.82, 2.24) is 20.4 Å². The van der Waals surface area contributed by atoms with Gasteiger partial charge in [0.05, 0.1) is 19.4 Å². The van der Waals surface area contributed by atoms with Crippen LogP contribution < -0.4 is 10.6 Å². The van der Waals surface area contributed by atoms with Crippen molar-refractivity contribution in [2.75, 3.05) is 45.8 Å². The molecule has 2 atom stereocenters. The largest absolute Gasteiger partial charge is 0.469 e. The number of nitrogens with zero attached hydrogens (tertiary/aromatic N) is 3. The van der Waals surface area contributed by atoms with Gasteiger partial charge in [0.2, 0.25) is 0 Å². The minimum atomic E-state index is -4.15. The lowest BCUT2D eigenvalue weighted by molar-refractivity contribution is -0.143. The van der Waals surface area contributed by atoms with Crippen molar-refractivity contribution in [1.29, 1.82) is 0 Å². The molecule has 2 aliphatic rings. The van der Waals surface area contributed by atoms with Crippen molar-refractivity contribution in [2.24, 2.45) is 4.99 Å². The molecule has 10 heteroatoms. The van der Waals surface area contributed by atoms with Crippen molar-refractivity contribution in [3.63, 3.8) is 0 Å². The number of furan rings is 1. The number of likely N-dealkylation sites (N-methyl/N-ethyl adjacent to an activating group) is 1. The predicted octanol–water partition coefficient (Wildman–Crippen LogP) is 3.10. The van der Waals surface area contributed by atoms with E-state index in [1.165, 1.54) is 11.3 Å². The van der Waals surface area contributed by atoms with E-state index in [4.69, 9.17) is 9.41 Å². The van der Waals surface area contributed by atoms with E-state index in [2.05, 4.69) is 22.5 Å². The van der Waals surface area contributed by atoms with Crippen LogP contribution in [0.1, 0.15) is 31.9 Å². The highest BCUT2D eigenvalue weighted by molar-refractivity contribution is 14.0. The van der Waals surface area contributed by atoms with Crippen LogP contribution in [-0.2, 0) is 6.42 Å². The number of halogens is 4. The Kier molecular flexibility index (Phi) is 10.2. The molecule has 3 heterocycles. The van der Waals surface area contributed by atoms with Gasteiger partial charge in [-0.3, -0.25) is 14.8 Å². The Morgan fingerprint density at radius 2 is 2.13 bits per heavy atom. The maximum absolute atomic E-state index is 12.7. The van der Waals surface area contributed by atoms with E-state index < -0.39 is 12.7 Å². The Morgan fingerprint density at radius 1 is 1.30 bits per heavy atom. The van der Waals surface area contributed by atoms with Gasteiger partial charge in [0, 0.05) is 38.1 Å². The lowest BCUT2D eigenvalue weighted by Crippen LogP contribution is -2.46. The highest BCUT2D eigenvalue weighted by Gasteiger charge is 2.34. The monoisotopic (exact) mass is 543 g/mol. The van der Waals surface area contributed by atoms with E-state index in [1.54, 1.807) is 6.26 Å². The van der Waals surface area contributed by atoms with Crippen molar-refractivity contribution in [2.45, 2.75) is 50.9 Å². The Hall–Kier alpha value is -1.01. The average molecular weight is 543 g/mol. The molecule has 2 saturated heterocycles. The van der Waals surface area contributed by atoms with Crippen molar-refractivity contribution < 1.29 is 17.6 Å². The van der Waals surface area contributed by atoms with Crippen LogP contribution in [0.5, 0.6) is 0 Å². The van der Waals surface area contributed by atoms with Crippen LogP contribution in [0.3, 0.4) is 0 Å². The van der Waals surface area contributed by atoms with Gasteiger partial charge in [-0.1, -0.05) is 6.92 Å². The molecule has 1 aromatic rings. The Balaban J connectivity index is 0.00000320. The topological polar surface area (TPSA) is 56.0 Å². The molecule has 30 heavy (non-hydrogen) atoms. The molecule has 2 N–H and O–H groups in total. The number of hydrogen-bond donors (Lipinski definition) is 2. The zero-order chi connectivity index (χ0) is 20.7. The second kappa shape index (κ2) is 12.1. The quantitative estimate of drug-likeness (QED) is 0.300. The summed E-state index contributed by atoms with van der Waals surface area (Å²) in [6, 6.07) is 4.19. The van der Waals surface area contributed by atoms with Gasteiger partial charge >= 0.3 is 6.18 Å². The number of nitrogens with one attached hydrogen (secondary N) is 2. The second-order valence-corrected chi connectivity index (χ2v) is 7.85. The fourth-order valence-corrected chi connectivity index (χ4v) is 4.17.